The number of hydrogen-bond donors (Lipinski definition) is 0. The molecule has 0 spiro atoms. The molecule has 0 aliphatic rings. The first-order chi connectivity index (χ1) is 19.3. The van der Waals surface area contributed by atoms with Crippen LogP contribution in [0.15, 0.2) is 12.2 Å². The summed E-state index contributed by atoms with van der Waals surface area (Å²) in [6.07, 6.45) is 43.2. The van der Waals surface area contributed by atoms with E-state index in [1.165, 1.54) is 154 Å². The van der Waals surface area contributed by atoms with Gasteiger partial charge >= 0.3 is 5.97 Å². The second-order valence-corrected chi connectivity index (χ2v) is 11.8. The number of carbonyl (C=O) groups excluding carboxylic acids is 2. The van der Waals surface area contributed by atoms with Crippen LogP contribution < -0.4 is 0 Å². The molecule has 0 saturated heterocycles. The average Bonchev–Trinajstić information content (AvgIpc) is 2.94. The Morgan fingerprint density at radius 1 is 0.462 bits per heavy atom. The van der Waals surface area contributed by atoms with Crippen LogP contribution in [0.3, 0.4) is 0 Å². The first-order valence-electron chi connectivity index (χ1n) is 17.6. The predicted octanol–water partition coefficient (Wildman–Crippen LogP) is 12.0. The molecule has 0 heterocycles. The highest BCUT2D eigenvalue weighted by Crippen LogP contribution is 2.14. The zero-order valence-corrected chi connectivity index (χ0v) is 26.4. The van der Waals surface area contributed by atoms with Crippen molar-refractivity contribution in [1.82, 2.24) is 0 Å². The molecule has 0 atom stereocenters. The normalized spacial score (nSPS) is 11.4. The van der Waals surface area contributed by atoms with E-state index in [0.717, 1.165) is 38.4 Å². The predicted molar refractivity (Wildman–Crippen MR) is 170 cm³/mol. The first kappa shape index (κ1) is 37.9. The third-order valence-electron chi connectivity index (χ3n) is 7.87. The Balaban J connectivity index is 3.18. The van der Waals surface area contributed by atoms with Gasteiger partial charge < -0.3 is 9.53 Å². The number of aldehydes is 1. The molecule has 0 aromatic rings. The summed E-state index contributed by atoms with van der Waals surface area (Å²) in [7, 11) is 0. The van der Waals surface area contributed by atoms with E-state index in [1.807, 2.05) is 0 Å². The maximum Gasteiger partial charge on any atom is 0.305 e. The highest BCUT2D eigenvalue weighted by Gasteiger charge is 2.02. The van der Waals surface area contributed by atoms with Crippen molar-refractivity contribution < 1.29 is 14.3 Å². The SMILES string of the molecule is CCCCCCCC/C=C\CCCCCCCC(=O)OCCCCCCCCCCCCCCCCCC=O. The molecule has 0 aromatic heterocycles. The van der Waals surface area contributed by atoms with E-state index in [9.17, 15) is 9.59 Å². The van der Waals surface area contributed by atoms with E-state index in [4.69, 9.17) is 4.74 Å². The van der Waals surface area contributed by atoms with Gasteiger partial charge in [-0.05, 0) is 44.9 Å². The van der Waals surface area contributed by atoms with Gasteiger partial charge in [-0.2, -0.15) is 0 Å². The monoisotopic (exact) mass is 549 g/mol. The van der Waals surface area contributed by atoms with Gasteiger partial charge in [0.1, 0.15) is 6.29 Å². The highest BCUT2D eigenvalue weighted by atomic mass is 16.5. The third-order valence-corrected chi connectivity index (χ3v) is 7.87. The third kappa shape index (κ3) is 34.9. The van der Waals surface area contributed by atoms with Gasteiger partial charge in [0.15, 0.2) is 0 Å². The number of rotatable bonds is 33. The van der Waals surface area contributed by atoms with Crippen LogP contribution in [0.5, 0.6) is 0 Å². The summed E-state index contributed by atoms with van der Waals surface area (Å²) in [5.41, 5.74) is 0. The number of allylic oxidation sites excluding steroid dienone is 2. The summed E-state index contributed by atoms with van der Waals surface area (Å²) in [6.45, 7) is 2.89. The molecule has 0 aliphatic heterocycles. The molecular weight excluding hydrogens is 480 g/mol. The van der Waals surface area contributed by atoms with Crippen molar-refractivity contribution in [3.05, 3.63) is 12.2 Å². The molecule has 0 fully saturated rings. The van der Waals surface area contributed by atoms with Gasteiger partial charge in [0.05, 0.1) is 6.61 Å². The maximum atomic E-state index is 11.9. The van der Waals surface area contributed by atoms with E-state index >= 15 is 0 Å². The molecule has 3 heteroatoms. The van der Waals surface area contributed by atoms with Gasteiger partial charge in [0.25, 0.3) is 0 Å². The Morgan fingerprint density at radius 2 is 0.821 bits per heavy atom. The van der Waals surface area contributed by atoms with Crippen LogP contribution in [0.2, 0.25) is 0 Å². The van der Waals surface area contributed by atoms with E-state index in [-0.39, 0.29) is 5.97 Å². The number of ether oxygens (including phenoxy) is 1. The van der Waals surface area contributed by atoms with E-state index in [0.29, 0.717) is 13.0 Å². The molecule has 0 bridgehead atoms. The standard InChI is InChI=1S/C36H68O3/c1-2-3-4-5-6-7-8-9-12-15-18-21-24-27-30-33-36(38)39-35-32-29-26-23-20-17-14-11-10-13-16-19-22-25-28-31-34-37/h9,12,34H,2-8,10-11,13-33,35H2,1H3/b12-9-. The molecule has 0 rings (SSSR count). The molecule has 39 heavy (non-hydrogen) atoms. The number of carbonyl (C=O) groups is 2. The van der Waals surface area contributed by atoms with Gasteiger partial charge in [-0.1, -0.05) is 154 Å². The largest absolute Gasteiger partial charge is 0.466 e. The summed E-state index contributed by atoms with van der Waals surface area (Å²) in [5.74, 6) is 0.00512. The Kier molecular flexibility index (Phi) is 33.9. The van der Waals surface area contributed by atoms with Gasteiger partial charge in [0.2, 0.25) is 0 Å². The Morgan fingerprint density at radius 3 is 1.26 bits per heavy atom. The molecule has 0 saturated carbocycles. The maximum absolute atomic E-state index is 11.9. The van der Waals surface area contributed by atoms with Crippen LogP contribution in [-0.4, -0.2) is 18.9 Å². The van der Waals surface area contributed by atoms with Crippen molar-refractivity contribution in [2.45, 2.75) is 200 Å². The fourth-order valence-electron chi connectivity index (χ4n) is 5.23. The summed E-state index contributed by atoms with van der Waals surface area (Å²) in [6, 6.07) is 0. The fourth-order valence-corrected chi connectivity index (χ4v) is 5.23. The van der Waals surface area contributed by atoms with Crippen molar-refractivity contribution in [2.75, 3.05) is 6.61 Å². The van der Waals surface area contributed by atoms with Crippen LogP contribution >= 0.6 is 0 Å². The van der Waals surface area contributed by atoms with Crippen molar-refractivity contribution in [2.24, 2.45) is 0 Å². The van der Waals surface area contributed by atoms with Crippen LogP contribution in [0, 0.1) is 0 Å². The lowest BCUT2D eigenvalue weighted by Gasteiger charge is -2.05. The van der Waals surface area contributed by atoms with E-state index < -0.39 is 0 Å². The first-order valence-corrected chi connectivity index (χ1v) is 17.6. The van der Waals surface area contributed by atoms with Crippen LogP contribution in [0.1, 0.15) is 200 Å². The molecule has 230 valence electrons. The van der Waals surface area contributed by atoms with Crippen LogP contribution in [-0.2, 0) is 14.3 Å². The zero-order valence-electron chi connectivity index (χ0n) is 26.4. The average molecular weight is 549 g/mol. The highest BCUT2D eigenvalue weighted by molar-refractivity contribution is 5.69. The summed E-state index contributed by atoms with van der Waals surface area (Å²) >= 11 is 0. The van der Waals surface area contributed by atoms with Crippen LogP contribution in [0.4, 0.5) is 0 Å². The van der Waals surface area contributed by atoms with E-state index in [1.54, 1.807) is 0 Å². The minimum absolute atomic E-state index is 0.00512. The molecular formula is C36H68O3. The smallest absolute Gasteiger partial charge is 0.305 e. The quantitative estimate of drug-likeness (QED) is 0.0354. The minimum atomic E-state index is 0.00512. The van der Waals surface area contributed by atoms with Crippen molar-refractivity contribution in [3.63, 3.8) is 0 Å². The Bertz CT molecular complexity index is 513. The lowest BCUT2D eigenvalue weighted by atomic mass is 10.0. The number of esters is 1. The van der Waals surface area contributed by atoms with Crippen molar-refractivity contribution in [3.8, 4) is 0 Å². The molecule has 0 aromatic carbocycles. The summed E-state index contributed by atoms with van der Waals surface area (Å²) < 4.78 is 5.42. The second-order valence-electron chi connectivity index (χ2n) is 11.8. The molecule has 0 amide bonds. The number of unbranched alkanes of at least 4 members (excludes halogenated alkanes) is 26. The summed E-state index contributed by atoms with van der Waals surface area (Å²) in [5, 5.41) is 0. The molecule has 0 radical (unpaired) electrons. The lowest BCUT2D eigenvalue weighted by Crippen LogP contribution is -2.05. The summed E-state index contributed by atoms with van der Waals surface area (Å²) in [4.78, 5) is 22.2. The minimum Gasteiger partial charge on any atom is -0.466 e. The molecule has 0 unspecified atom stereocenters. The van der Waals surface area contributed by atoms with Gasteiger partial charge in [-0.3, -0.25) is 4.79 Å². The second kappa shape index (κ2) is 34.9. The van der Waals surface area contributed by atoms with Gasteiger partial charge in [-0.15, -0.1) is 0 Å². The molecule has 3 nitrogen and oxygen atoms in total. The number of hydrogen-bond acceptors (Lipinski definition) is 3. The molecule has 0 N–H and O–H groups in total. The zero-order chi connectivity index (χ0) is 28.3. The fraction of sp³-hybridized carbons (Fsp3) is 0.889. The van der Waals surface area contributed by atoms with Crippen molar-refractivity contribution in [1.29, 1.82) is 0 Å². The topological polar surface area (TPSA) is 43.4 Å². The van der Waals surface area contributed by atoms with Gasteiger partial charge in [-0.25, -0.2) is 0 Å². The van der Waals surface area contributed by atoms with Crippen molar-refractivity contribution >= 4 is 12.3 Å². The van der Waals surface area contributed by atoms with E-state index in [2.05, 4.69) is 19.1 Å². The Hall–Kier alpha value is -1.12. The molecule has 0 aliphatic carbocycles. The Labute approximate surface area is 244 Å². The van der Waals surface area contributed by atoms with Gasteiger partial charge in [0, 0.05) is 12.8 Å². The van der Waals surface area contributed by atoms with Crippen LogP contribution in [0.25, 0.3) is 0 Å². The lowest BCUT2D eigenvalue weighted by molar-refractivity contribution is -0.143.